The standard InChI is InChI=1S/C13H14ClN3O2/c1-4-19-11(18)6-5-9-7-10(14)13-12(8(9)2)15-16-17(13)3/h5-7H,4H2,1-3H3/b6-5+. The lowest BCUT2D eigenvalue weighted by atomic mass is 10.1. The fourth-order valence-electron chi connectivity index (χ4n) is 1.85. The van der Waals surface area contributed by atoms with Crippen LogP contribution in [0.2, 0.25) is 5.02 Å². The molecule has 0 atom stereocenters. The summed E-state index contributed by atoms with van der Waals surface area (Å²) < 4.78 is 6.46. The smallest absolute Gasteiger partial charge is 0.330 e. The predicted octanol–water partition coefficient (Wildman–Crippen LogP) is 2.51. The van der Waals surface area contributed by atoms with Crippen molar-refractivity contribution in [2.75, 3.05) is 6.61 Å². The number of aryl methyl sites for hydroxylation is 2. The normalized spacial score (nSPS) is 11.4. The summed E-state index contributed by atoms with van der Waals surface area (Å²) in [5.41, 5.74) is 3.27. The van der Waals surface area contributed by atoms with Crippen LogP contribution in [-0.2, 0) is 16.6 Å². The lowest BCUT2D eigenvalue weighted by Gasteiger charge is -2.04. The van der Waals surface area contributed by atoms with E-state index < -0.39 is 0 Å². The average Bonchev–Trinajstić information content (AvgIpc) is 2.75. The third kappa shape index (κ3) is 2.61. The van der Waals surface area contributed by atoms with Gasteiger partial charge >= 0.3 is 5.97 Å². The van der Waals surface area contributed by atoms with Crippen molar-refractivity contribution in [1.29, 1.82) is 0 Å². The van der Waals surface area contributed by atoms with Crippen molar-refractivity contribution in [2.45, 2.75) is 13.8 Å². The zero-order valence-corrected chi connectivity index (χ0v) is 11.7. The molecule has 0 spiro atoms. The summed E-state index contributed by atoms with van der Waals surface area (Å²) in [6, 6.07) is 1.79. The Morgan fingerprint density at radius 2 is 2.32 bits per heavy atom. The van der Waals surface area contributed by atoms with E-state index in [9.17, 15) is 4.79 Å². The molecule has 6 heteroatoms. The van der Waals surface area contributed by atoms with Crippen LogP contribution in [0.5, 0.6) is 0 Å². The van der Waals surface area contributed by atoms with Gasteiger partial charge in [0.2, 0.25) is 0 Å². The van der Waals surface area contributed by atoms with Crippen LogP contribution < -0.4 is 0 Å². The Hall–Kier alpha value is -1.88. The van der Waals surface area contributed by atoms with Crippen molar-refractivity contribution < 1.29 is 9.53 Å². The zero-order chi connectivity index (χ0) is 14.0. The molecule has 0 fully saturated rings. The average molecular weight is 280 g/mol. The number of ether oxygens (including phenoxy) is 1. The Morgan fingerprint density at radius 1 is 1.58 bits per heavy atom. The van der Waals surface area contributed by atoms with E-state index in [-0.39, 0.29) is 5.97 Å². The summed E-state index contributed by atoms with van der Waals surface area (Å²) in [6.45, 7) is 4.03. The van der Waals surface area contributed by atoms with Crippen LogP contribution in [0.15, 0.2) is 12.1 Å². The predicted molar refractivity (Wildman–Crippen MR) is 73.9 cm³/mol. The quantitative estimate of drug-likeness (QED) is 0.640. The van der Waals surface area contributed by atoms with Gasteiger partial charge < -0.3 is 4.74 Å². The third-order valence-electron chi connectivity index (χ3n) is 2.81. The molecule has 0 amide bonds. The fraction of sp³-hybridized carbons (Fsp3) is 0.308. The molecule has 0 radical (unpaired) electrons. The Bertz CT molecular complexity index is 661. The highest BCUT2D eigenvalue weighted by molar-refractivity contribution is 6.35. The Morgan fingerprint density at radius 3 is 3.00 bits per heavy atom. The number of rotatable bonds is 3. The second-order valence-electron chi connectivity index (χ2n) is 4.07. The topological polar surface area (TPSA) is 57.0 Å². The SMILES string of the molecule is CCOC(=O)/C=C/c1cc(Cl)c2c(nnn2C)c1C. The second-order valence-corrected chi connectivity index (χ2v) is 4.48. The first-order chi connectivity index (χ1) is 9.04. The van der Waals surface area contributed by atoms with E-state index in [1.54, 1.807) is 30.8 Å². The molecule has 0 bridgehead atoms. The number of hydrogen-bond donors (Lipinski definition) is 0. The summed E-state index contributed by atoms with van der Waals surface area (Å²) in [5, 5.41) is 8.58. The van der Waals surface area contributed by atoms with E-state index in [4.69, 9.17) is 16.3 Å². The number of aromatic nitrogens is 3. The van der Waals surface area contributed by atoms with Crippen molar-refractivity contribution in [1.82, 2.24) is 15.0 Å². The van der Waals surface area contributed by atoms with Gasteiger partial charge in [-0.1, -0.05) is 16.8 Å². The van der Waals surface area contributed by atoms with Gasteiger partial charge in [0.25, 0.3) is 0 Å². The van der Waals surface area contributed by atoms with Crippen molar-refractivity contribution in [3.63, 3.8) is 0 Å². The van der Waals surface area contributed by atoms with E-state index in [1.165, 1.54) is 6.08 Å². The molecule has 2 aromatic rings. The highest BCUT2D eigenvalue weighted by Crippen LogP contribution is 2.28. The summed E-state index contributed by atoms with van der Waals surface area (Å²) in [5.74, 6) is -0.378. The van der Waals surface area contributed by atoms with E-state index in [1.807, 2.05) is 6.92 Å². The molecule has 0 N–H and O–H groups in total. The molecule has 0 aliphatic carbocycles. The Balaban J connectivity index is 2.45. The molecule has 0 aliphatic heterocycles. The number of hydrogen-bond acceptors (Lipinski definition) is 4. The number of fused-ring (bicyclic) bond motifs is 1. The molecule has 0 saturated carbocycles. The van der Waals surface area contributed by atoms with Gasteiger partial charge in [0.1, 0.15) is 11.0 Å². The summed E-state index contributed by atoms with van der Waals surface area (Å²) in [7, 11) is 1.79. The molecule has 1 heterocycles. The van der Waals surface area contributed by atoms with Crippen LogP contribution in [0.3, 0.4) is 0 Å². The lowest BCUT2D eigenvalue weighted by Crippen LogP contribution is -1.99. The van der Waals surface area contributed by atoms with Crippen LogP contribution in [0.25, 0.3) is 17.1 Å². The van der Waals surface area contributed by atoms with E-state index in [0.717, 1.165) is 22.2 Å². The molecular weight excluding hydrogens is 266 g/mol. The van der Waals surface area contributed by atoms with E-state index >= 15 is 0 Å². The first kappa shape index (κ1) is 13.5. The molecule has 19 heavy (non-hydrogen) atoms. The lowest BCUT2D eigenvalue weighted by molar-refractivity contribution is -0.137. The van der Waals surface area contributed by atoms with Gasteiger partial charge in [-0.25, -0.2) is 9.48 Å². The Labute approximate surface area is 115 Å². The minimum atomic E-state index is -0.378. The molecule has 0 aliphatic rings. The molecule has 1 aromatic carbocycles. The van der Waals surface area contributed by atoms with Gasteiger partial charge in [0.15, 0.2) is 0 Å². The van der Waals surface area contributed by atoms with Crippen molar-refractivity contribution in [3.8, 4) is 0 Å². The number of nitrogens with zero attached hydrogens (tertiary/aromatic N) is 3. The first-order valence-corrected chi connectivity index (χ1v) is 6.25. The Kier molecular flexibility index (Phi) is 3.85. The van der Waals surface area contributed by atoms with Crippen molar-refractivity contribution in [2.24, 2.45) is 7.05 Å². The number of halogens is 1. The fourth-order valence-corrected chi connectivity index (χ4v) is 2.18. The highest BCUT2D eigenvalue weighted by Gasteiger charge is 2.12. The van der Waals surface area contributed by atoms with Gasteiger partial charge in [-0.05, 0) is 37.1 Å². The second kappa shape index (κ2) is 5.40. The zero-order valence-electron chi connectivity index (χ0n) is 11.0. The summed E-state index contributed by atoms with van der Waals surface area (Å²) >= 11 is 6.21. The van der Waals surface area contributed by atoms with E-state index in [0.29, 0.717) is 11.6 Å². The van der Waals surface area contributed by atoms with Crippen LogP contribution in [-0.4, -0.2) is 27.6 Å². The largest absolute Gasteiger partial charge is 0.463 e. The van der Waals surface area contributed by atoms with Gasteiger partial charge in [-0.15, -0.1) is 5.10 Å². The number of benzene rings is 1. The molecular formula is C13H14ClN3O2. The van der Waals surface area contributed by atoms with Crippen LogP contribution >= 0.6 is 11.6 Å². The maximum absolute atomic E-state index is 11.3. The van der Waals surface area contributed by atoms with Crippen LogP contribution in [0, 0.1) is 6.92 Å². The molecule has 0 saturated heterocycles. The maximum Gasteiger partial charge on any atom is 0.330 e. The van der Waals surface area contributed by atoms with Crippen LogP contribution in [0.4, 0.5) is 0 Å². The van der Waals surface area contributed by atoms with Crippen molar-refractivity contribution >= 4 is 34.7 Å². The number of esters is 1. The van der Waals surface area contributed by atoms with E-state index in [2.05, 4.69) is 10.3 Å². The highest BCUT2D eigenvalue weighted by atomic mass is 35.5. The van der Waals surface area contributed by atoms with Crippen LogP contribution in [0.1, 0.15) is 18.1 Å². The van der Waals surface area contributed by atoms with Gasteiger partial charge in [0, 0.05) is 13.1 Å². The third-order valence-corrected chi connectivity index (χ3v) is 3.10. The summed E-state index contributed by atoms with van der Waals surface area (Å²) in [6.07, 6.45) is 3.05. The van der Waals surface area contributed by atoms with Gasteiger partial charge in [-0.2, -0.15) is 0 Å². The minimum absolute atomic E-state index is 0.353. The number of carbonyl (C=O) groups is 1. The number of carbonyl (C=O) groups excluding carboxylic acids is 1. The maximum atomic E-state index is 11.3. The molecule has 2 rings (SSSR count). The van der Waals surface area contributed by atoms with Crippen molar-refractivity contribution in [3.05, 3.63) is 28.3 Å². The van der Waals surface area contributed by atoms with Gasteiger partial charge in [0.05, 0.1) is 11.6 Å². The first-order valence-electron chi connectivity index (χ1n) is 5.88. The molecule has 0 unspecified atom stereocenters. The molecule has 100 valence electrons. The van der Waals surface area contributed by atoms with Gasteiger partial charge in [-0.3, -0.25) is 0 Å². The summed E-state index contributed by atoms with van der Waals surface area (Å²) in [4.78, 5) is 11.3. The molecule has 5 nitrogen and oxygen atoms in total. The minimum Gasteiger partial charge on any atom is -0.463 e. The monoisotopic (exact) mass is 279 g/mol. The molecule has 1 aromatic heterocycles.